The van der Waals surface area contributed by atoms with Gasteiger partial charge in [-0.2, -0.15) is 0 Å². The molecule has 0 bridgehead atoms. The largest absolute Gasteiger partial charge is 0.493 e. The molecule has 8 nitrogen and oxygen atoms in total. The molecule has 0 spiro atoms. The minimum absolute atomic E-state index is 0.0333. The molecule has 0 atom stereocenters. The lowest BCUT2D eigenvalue weighted by Gasteiger charge is -2.24. The van der Waals surface area contributed by atoms with Gasteiger partial charge in [0.15, 0.2) is 0 Å². The van der Waals surface area contributed by atoms with Gasteiger partial charge < -0.3 is 15.2 Å². The zero-order valence-corrected chi connectivity index (χ0v) is 19.9. The second kappa shape index (κ2) is 9.46. The van der Waals surface area contributed by atoms with Crippen LogP contribution in [0.3, 0.4) is 0 Å². The highest BCUT2D eigenvalue weighted by atomic mass is 16.6. The molecular formula is C24H33N3O5. The van der Waals surface area contributed by atoms with Gasteiger partial charge in [-0.1, -0.05) is 32.9 Å². The van der Waals surface area contributed by atoms with Crippen molar-refractivity contribution in [3.8, 4) is 5.75 Å². The third-order valence-corrected chi connectivity index (χ3v) is 4.76. The second-order valence-corrected chi connectivity index (χ2v) is 9.72. The molecule has 1 amide bonds. The smallest absolute Gasteiger partial charge is 0.414 e. The Hall–Kier alpha value is -3.29. The quantitative estimate of drug-likeness (QED) is 0.360. The van der Waals surface area contributed by atoms with Crippen LogP contribution < -0.4 is 15.4 Å². The number of anilines is 2. The summed E-state index contributed by atoms with van der Waals surface area (Å²) in [6.07, 6.45) is -0.0739. The molecule has 0 fully saturated rings. The number of hydrogen-bond donors (Lipinski definition) is 1. The normalized spacial score (nSPS) is 11.7. The molecule has 2 rings (SSSR count). The molecular weight excluding hydrogens is 410 g/mol. The first-order chi connectivity index (χ1) is 14.7. The van der Waals surface area contributed by atoms with E-state index in [2.05, 4.69) is 20.8 Å². The number of benzene rings is 2. The number of nitrogen functional groups attached to an aromatic ring is 1. The summed E-state index contributed by atoms with van der Waals surface area (Å²) in [6, 6.07) is 10.3. The average Bonchev–Trinajstić information content (AvgIpc) is 2.64. The second-order valence-electron chi connectivity index (χ2n) is 9.72. The molecule has 2 aromatic rings. The summed E-state index contributed by atoms with van der Waals surface area (Å²) in [6.45, 7) is 11.9. The predicted octanol–water partition coefficient (Wildman–Crippen LogP) is 5.47. The molecule has 0 aromatic heterocycles. The van der Waals surface area contributed by atoms with Crippen molar-refractivity contribution in [2.75, 3.05) is 24.3 Å². The molecule has 174 valence electrons. The van der Waals surface area contributed by atoms with Crippen molar-refractivity contribution >= 4 is 23.2 Å². The summed E-state index contributed by atoms with van der Waals surface area (Å²) < 4.78 is 11.1. The maximum absolute atomic E-state index is 12.4. The Bertz CT molecular complexity index is 990. The number of nitro benzene ring substituents is 1. The maximum Gasteiger partial charge on any atom is 0.414 e. The number of nitrogens with two attached hydrogens (primary N) is 1. The molecule has 0 saturated heterocycles. The van der Waals surface area contributed by atoms with E-state index in [1.165, 1.54) is 25.2 Å². The molecule has 0 saturated carbocycles. The van der Waals surface area contributed by atoms with Gasteiger partial charge in [0.2, 0.25) is 0 Å². The summed E-state index contributed by atoms with van der Waals surface area (Å²) in [5.74, 6) is 0.417. The maximum atomic E-state index is 12.4. The van der Waals surface area contributed by atoms with Crippen LogP contribution in [0.4, 0.5) is 21.9 Å². The molecule has 0 heterocycles. The first-order valence-electron chi connectivity index (χ1n) is 10.5. The molecule has 32 heavy (non-hydrogen) atoms. The topological polar surface area (TPSA) is 108 Å². The summed E-state index contributed by atoms with van der Waals surface area (Å²) >= 11 is 0. The Morgan fingerprint density at radius 3 is 2.28 bits per heavy atom. The minimum Gasteiger partial charge on any atom is -0.493 e. The molecule has 0 unspecified atom stereocenters. The number of ether oxygens (including phenoxy) is 2. The Labute approximate surface area is 189 Å². The van der Waals surface area contributed by atoms with Crippen molar-refractivity contribution in [3.05, 3.63) is 57.6 Å². The van der Waals surface area contributed by atoms with Crippen molar-refractivity contribution in [2.24, 2.45) is 0 Å². The third-order valence-electron chi connectivity index (χ3n) is 4.76. The van der Waals surface area contributed by atoms with E-state index >= 15 is 0 Å². The number of carbonyl (C=O) groups excluding carboxylic acids is 1. The van der Waals surface area contributed by atoms with Crippen LogP contribution in [-0.4, -0.2) is 30.3 Å². The lowest BCUT2D eigenvalue weighted by atomic mass is 9.85. The van der Waals surface area contributed by atoms with Crippen molar-refractivity contribution in [1.29, 1.82) is 0 Å². The number of carbonyl (C=O) groups is 1. The van der Waals surface area contributed by atoms with Gasteiger partial charge in [0.25, 0.3) is 5.69 Å². The van der Waals surface area contributed by atoms with Gasteiger partial charge in [-0.05, 0) is 49.4 Å². The molecule has 0 aliphatic carbocycles. The van der Waals surface area contributed by atoms with E-state index < -0.39 is 16.6 Å². The number of hydrogen-bond acceptors (Lipinski definition) is 6. The Morgan fingerprint density at radius 2 is 1.75 bits per heavy atom. The van der Waals surface area contributed by atoms with Crippen molar-refractivity contribution in [2.45, 2.75) is 59.0 Å². The Morgan fingerprint density at radius 1 is 1.09 bits per heavy atom. The molecule has 2 aromatic carbocycles. The van der Waals surface area contributed by atoms with Gasteiger partial charge in [-0.3, -0.25) is 15.0 Å². The zero-order chi connectivity index (χ0) is 24.3. The number of nitro groups is 1. The van der Waals surface area contributed by atoms with Crippen molar-refractivity contribution in [3.63, 3.8) is 0 Å². The lowest BCUT2D eigenvalue weighted by molar-refractivity contribution is -0.384. The van der Waals surface area contributed by atoms with E-state index in [4.69, 9.17) is 15.2 Å². The fourth-order valence-electron chi connectivity index (χ4n) is 3.18. The van der Waals surface area contributed by atoms with E-state index in [1.807, 2.05) is 18.2 Å². The van der Waals surface area contributed by atoms with Crippen LogP contribution in [0.25, 0.3) is 0 Å². The number of nitrogens with zero attached hydrogens (tertiary/aromatic N) is 2. The van der Waals surface area contributed by atoms with Crippen molar-refractivity contribution < 1.29 is 19.2 Å². The first kappa shape index (κ1) is 25.0. The van der Waals surface area contributed by atoms with Gasteiger partial charge in [-0.15, -0.1) is 0 Å². The number of rotatable bonds is 6. The highest BCUT2D eigenvalue weighted by Gasteiger charge is 2.26. The van der Waals surface area contributed by atoms with E-state index in [-0.39, 0.29) is 16.8 Å². The summed E-state index contributed by atoms with van der Waals surface area (Å²) in [4.78, 5) is 24.4. The predicted molar refractivity (Wildman–Crippen MR) is 126 cm³/mol. The standard InChI is InChI=1S/C24H33N3O5/c1-23(2,3)18-10-8-16(14-19(18)25)12-13-31-17-9-11-20(27(29)30)21(15-17)26(7)22(28)32-24(4,5)6/h8-11,14-15H,12-13,25H2,1-7H3. The molecule has 0 radical (unpaired) electrons. The van der Waals surface area contributed by atoms with Crippen LogP contribution in [0.15, 0.2) is 36.4 Å². The van der Waals surface area contributed by atoms with Gasteiger partial charge in [0.1, 0.15) is 17.0 Å². The van der Waals surface area contributed by atoms with E-state index in [0.717, 1.165) is 21.7 Å². The number of amides is 1. The van der Waals surface area contributed by atoms with E-state index in [9.17, 15) is 14.9 Å². The highest BCUT2D eigenvalue weighted by Crippen LogP contribution is 2.33. The van der Waals surface area contributed by atoms with Crippen LogP contribution in [0.2, 0.25) is 0 Å². The summed E-state index contributed by atoms with van der Waals surface area (Å²) in [7, 11) is 1.43. The summed E-state index contributed by atoms with van der Waals surface area (Å²) in [5, 5.41) is 11.4. The monoisotopic (exact) mass is 443 g/mol. The van der Waals surface area contributed by atoms with Crippen LogP contribution in [-0.2, 0) is 16.6 Å². The van der Waals surface area contributed by atoms with E-state index in [1.54, 1.807) is 20.8 Å². The Balaban J connectivity index is 2.14. The van der Waals surface area contributed by atoms with Gasteiger partial charge in [-0.25, -0.2) is 4.79 Å². The van der Waals surface area contributed by atoms with Gasteiger partial charge in [0.05, 0.1) is 11.5 Å². The van der Waals surface area contributed by atoms with Gasteiger partial charge in [0, 0.05) is 31.3 Å². The van der Waals surface area contributed by atoms with Crippen LogP contribution >= 0.6 is 0 Å². The Kier molecular flexibility index (Phi) is 7.38. The van der Waals surface area contributed by atoms with Crippen LogP contribution in [0, 0.1) is 10.1 Å². The van der Waals surface area contributed by atoms with Crippen LogP contribution in [0.1, 0.15) is 52.7 Å². The SMILES string of the molecule is CN(C(=O)OC(C)(C)C)c1cc(OCCc2ccc(C(C)(C)C)c(N)c2)ccc1[N+](=O)[O-]. The van der Waals surface area contributed by atoms with E-state index in [0.29, 0.717) is 18.8 Å². The molecule has 2 N–H and O–H groups in total. The molecule has 0 aliphatic rings. The zero-order valence-electron chi connectivity index (χ0n) is 19.9. The molecule has 0 aliphatic heterocycles. The fraction of sp³-hybridized carbons (Fsp3) is 0.458. The third kappa shape index (κ3) is 6.60. The lowest BCUT2D eigenvalue weighted by Crippen LogP contribution is -2.34. The minimum atomic E-state index is -0.724. The first-order valence-corrected chi connectivity index (χ1v) is 10.5. The molecule has 8 heteroatoms. The summed E-state index contributed by atoms with van der Waals surface area (Å²) in [5.41, 5.74) is 8.20. The fourth-order valence-corrected chi connectivity index (χ4v) is 3.18. The average molecular weight is 444 g/mol. The van der Waals surface area contributed by atoms with Gasteiger partial charge >= 0.3 is 6.09 Å². The van der Waals surface area contributed by atoms with Crippen molar-refractivity contribution in [1.82, 2.24) is 0 Å². The van der Waals surface area contributed by atoms with Crippen LogP contribution in [0.5, 0.6) is 5.75 Å². The highest BCUT2D eigenvalue weighted by molar-refractivity contribution is 5.90.